The summed E-state index contributed by atoms with van der Waals surface area (Å²) in [5.41, 5.74) is 0. The summed E-state index contributed by atoms with van der Waals surface area (Å²) < 4.78 is 16.9. The summed E-state index contributed by atoms with van der Waals surface area (Å²) in [5.74, 6) is -0.853. The second-order valence-corrected chi connectivity index (χ2v) is 21.7. The van der Waals surface area contributed by atoms with Crippen molar-refractivity contribution in [3.05, 3.63) is 24.3 Å². The molecule has 0 N–H and O–H groups in total. The lowest BCUT2D eigenvalue weighted by molar-refractivity contribution is -0.167. The minimum atomic E-state index is -0.771. The number of carbonyl (C=O) groups excluding carboxylic acids is 3. The van der Waals surface area contributed by atoms with Crippen LogP contribution in [-0.2, 0) is 28.6 Å². The Morgan fingerprint density at radius 3 is 0.803 bits per heavy atom. The Hall–Kier alpha value is -2.11. The van der Waals surface area contributed by atoms with Crippen molar-refractivity contribution in [2.75, 3.05) is 13.2 Å². The molecular formula is C65H122O6. The number of carbonyl (C=O) groups is 3. The molecule has 71 heavy (non-hydrogen) atoms. The van der Waals surface area contributed by atoms with Gasteiger partial charge in [-0.15, -0.1) is 0 Å². The number of esters is 3. The van der Waals surface area contributed by atoms with Crippen LogP contribution in [0, 0.1) is 0 Å². The summed E-state index contributed by atoms with van der Waals surface area (Å²) in [5, 5.41) is 0. The van der Waals surface area contributed by atoms with E-state index in [1.165, 1.54) is 244 Å². The first-order valence-electron chi connectivity index (χ1n) is 31.8. The number of rotatable bonds is 59. The fourth-order valence-electron chi connectivity index (χ4n) is 9.65. The topological polar surface area (TPSA) is 78.9 Å². The molecule has 6 nitrogen and oxygen atoms in total. The lowest BCUT2D eigenvalue weighted by atomic mass is 10.0. The van der Waals surface area contributed by atoms with E-state index in [9.17, 15) is 14.4 Å². The van der Waals surface area contributed by atoms with E-state index in [1.807, 2.05) is 0 Å². The first kappa shape index (κ1) is 68.9. The summed E-state index contributed by atoms with van der Waals surface area (Å²) >= 11 is 0. The third-order valence-electron chi connectivity index (χ3n) is 14.5. The van der Waals surface area contributed by atoms with E-state index in [0.717, 1.165) is 70.6 Å². The molecule has 0 spiro atoms. The van der Waals surface area contributed by atoms with Crippen LogP contribution in [0.3, 0.4) is 0 Å². The van der Waals surface area contributed by atoms with E-state index in [-0.39, 0.29) is 31.1 Å². The molecule has 0 aliphatic rings. The monoisotopic (exact) mass is 999 g/mol. The molecule has 0 aliphatic carbocycles. The van der Waals surface area contributed by atoms with Crippen molar-refractivity contribution in [1.82, 2.24) is 0 Å². The molecule has 0 aliphatic heterocycles. The Morgan fingerprint density at radius 1 is 0.282 bits per heavy atom. The SMILES string of the molecule is CCCCC/C=C\C/C=C\CCCCCCCCCC(=O)OC(COC(=O)CCCCCCCCCCCCC)COC(=O)CCCCCCCCCCCCCCCCCCCCCCCCCCC. The van der Waals surface area contributed by atoms with Crippen LogP contribution >= 0.6 is 0 Å². The van der Waals surface area contributed by atoms with Gasteiger partial charge >= 0.3 is 17.9 Å². The number of hydrogen-bond donors (Lipinski definition) is 0. The zero-order chi connectivity index (χ0) is 51.4. The van der Waals surface area contributed by atoms with Crippen LogP contribution in [0.4, 0.5) is 0 Å². The lowest BCUT2D eigenvalue weighted by Crippen LogP contribution is -2.30. The summed E-state index contributed by atoms with van der Waals surface area (Å²) in [4.78, 5) is 38.2. The predicted octanol–water partition coefficient (Wildman–Crippen LogP) is 21.4. The fraction of sp³-hybridized carbons (Fsp3) is 0.892. The fourth-order valence-corrected chi connectivity index (χ4v) is 9.65. The highest BCUT2D eigenvalue weighted by atomic mass is 16.6. The Morgan fingerprint density at radius 2 is 0.507 bits per heavy atom. The maximum atomic E-state index is 12.9. The van der Waals surface area contributed by atoms with Crippen LogP contribution in [0.25, 0.3) is 0 Å². The number of allylic oxidation sites excluding steroid dienone is 4. The van der Waals surface area contributed by atoms with Gasteiger partial charge in [-0.25, -0.2) is 0 Å². The van der Waals surface area contributed by atoms with Crippen LogP contribution in [0.5, 0.6) is 0 Å². The van der Waals surface area contributed by atoms with Crippen LogP contribution in [0.15, 0.2) is 24.3 Å². The average molecular weight is 1000 g/mol. The molecule has 1 atom stereocenters. The molecular weight excluding hydrogens is 877 g/mol. The maximum Gasteiger partial charge on any atom is 0.306 e. The van der Waals surface area contributed by atoms with Gasteiger partial charge in [-0.05, 0) is 51.4 Å². The summed E-state index contributed by atoms with van der Waals surface area (Å²) in [7, 11) is 0. The second kappa shape index (κ2) is 60.4. The average Bonchev–Trinajstić information content (AvgIpc) is 3.37. The van der Waals surface area contributed by atoms with Gasteiger partial charge < -0.3 is 14.2 Å². The summed E-state index contributed by atoms with van der Waals surface area (Å²) in [6.45, 7) is 6.66. The van der Waals surface area contributed by atoms with E-state index < -0.39 is 6.10 Å². The normalized spacial score (nSPS) is 12.1. The highest BCUT2D eigenvalue weighted by molar-refractivity contribution is 5.71. The largest absolute Gasteiger partial charge is 0.462 e. The van der Waals surface area contributed by atoms with Gasteiger partial charge in [-0.3, -0.25) is 14.4 Å². The van der Waals surface area contributed by atoms with Crippen LogP contribution < -0.4 is 0 Å². The Bertz CT molecular complexity index is 1150. The van der Waals surface area contributed by atoms with E-state index >= 15 is 0 Å². The molecule has 0 radical (unpaired) electrons. The van der Waals surface area contributed by atoms with Crippen molar-refractivity contribution < 1.29 is 28.6 Å². The quantitative estimate of drug-likeness (QED) is 0.0261. The molecule has 0 rings (SSSR count). The molecule has 0 aromatic heterocycles. The molecule has 0 saturated heterocycles. The van der Waals surface area contributed by atoms with Crippen molar-refractivity contribution in [2.24, 2.45) is 0 Å². The van der Waals surface area contributed by atoms with E-state index in [1.54, 1.807) is 0 Å². The number of unbranched alkanes of at least 4 members (excludes halogenated alkanes) is 44. The van der Waals surface area contributed by atoms with Crippen molar-refractivity contribution in [1.29, 1.82) is 0 Å². The Kier molecular flexibility index (Phi) is 58.6. The molecule has 0 amide bonds. The number of ether oxygens (including phenoxy) is 3. The Labute approximate surface area is 443 Å². The standard InChI is InChI=1S/C65H122O6/c1-4-7-10-13-16-19-22-24-26-28-29-30-31-32-33-34-35-37-38-40-43-46-49-52-55-58-64(67)70-61-62(60-69-63(66)57-54-51-48-45-42-21-18-15-12-9-6-3)71-65(68)59-56-53-50-47-44-41-39-36-27-25-23-20-17-14-11-8-5-2/h17,20,25,27,62H,4-16,18-19,21-24,26,28-61H2,1-3H3/b20-17-,27-25-. The molecule has 0 heterocycles. The van der Waals surface area contributed by atoms with Gasteiger partial charge in [-0.1, -0.05) is 308 Å². The van der Waals surface area contributed by atoms with Crippen molar-refractivity contribution >= 4 is 17.9 Å². The third kappa shape index (κ3) is 58.7. The second-order valence-electron chi connectivity index (χ2n) is 21.7. The van der Waals surface area contributed by atoms with E-state index in [0.29, 0.717) is 19.3 Å². The smallest absolute Gasteiger partial charge is 0.306 e. The molecule has 0 aromatic rings. The molecule has 0 saturated carbocycles. The zero-order valence-corrected chi connectivity index (χ0v) is 48.0. The molecule has 0 bridgehead atoms. The van der Waals surface area contributed by atoms with Gasteiger partial charge in [0.15, 0.2) is 6.10 Å². The third-order valence-corrected chi connectivity index (χ3v) is 14.5. The molecule has 6 heteroatoms. The maximum absolute atomic E-state index is 12.9. The minimum Gasteiger partial charge on any atom is -0.462 e. The van der Waals surface area contributed by atoms with Gasteiger partial charge in [0, 0.05) is 19.3 Å². The molecule has 0 aromatic carbocycles. The lowest BCUT2D eigenvalue weighted by Gasteiger charge is -2.18. The van der Waals surface area contributed by atoms with Gasteiger partial charge in [0.1, 0.15) is 13.2 Å². The highest BCUT2D eigenvalue weighted by Crippen LogP contribution is 2.18. The highest BCUT2D eigenvalue weighted by Gasteiger charge is 2.19. The number of hydrogen-bond acceptors (Lipinski definition) is 6. The van der Waals surface area contributed by atoms with Crippen molar-refractivity contribution in [3.8, 4) is 0 Å². The van der Waals surface area contributed by atoms with Gasteiger partial charge in [0.2, 0.25) is 0 Å². The van der Waals surface area contributed by atoms with Gasteiger partial charge in [0.05, 0.1) is 0 Å². The van der Waals surface area contributed by atoms with Gasteiger partial charge in [-0.2, -0.15) is 0 Å². The first-order chi connectivity index (χ1) is 35.0. The van der Waals surface area contributed by atoms with Crippen molar-refractivity contribution in [3.63, 3.8) is 0 Å². The van der Waals surface area contributed by atoms with Gasteiger partial charge in [0.25, 0.3) is 0 Å². The Balaban J connectivity index is 4.19. The molecule has 418 valence electrons. The van der Waals surface area contributed by atoms with E-state index in [4.69, 9.17) is 14.2 Å². The van der Waals surface area contributed by atoms with Crippen LogP contribution in [-0.4, -0.2) is 37.2 Å². The predicted molar refractivity (Wildman–Crippen MR) is 307 cm³/mol. The summed E-state index contributed by atoms with van der Waals surface area (Å²) in [6.07, 6.45) is 71.9. The van der Waals surface area contributed by atoms with Crippen LogP contribution in [0.2, 0.25) is 0 Å². The minimum absolute atomic E-state index is 0.0688. The van der Waals surface area contributed by atoms with E-state index in [2.05, 4.69) is 45.1 Å². The van der Waals surface area contributed by atoms with Crippen LogP contribution in [0.1, 0.15) is 355 Å². The summed E-state index contributed by atoms with van der Waals surface area (Å²) in [6, 6.07) is 0. The molecule has 0 fully saturated rings. The molecule has 1 unspecified atom stereocenters. The van der Waals surface area contributed by atoms with Crippen molar-refractivity contribution in [2.45, 2.75) is 361 Å². The zero-order valence-electron chi connectivity index (χ0n) is 48.0. The first-order valence-corrected chi connectivity index (χ1v) is 31.8.